The van der Waals surface area contributed by atoms with Gasteiger partial charge in [-0.3, -0.25) is 9.36 Å². The Labute approximate surface area is 212 Å². The molecule has 3 rings (SSSR count). The van der Waals surface area contributed by atoms with Crippen molar-refractivity contribution in [2.24, 2.45) is 0 Å². The van der Waals surface area contributed by atoms with Crippen LogP contribution in [0.5, 0.6) is 5.75 Å². The second-order valence-electron chi connectivity index (χ2n) is 8.40. The molecule has 3 aromatic carbocycles. The molecule has 8 heteroatoms. The van der Waals surface area contributed by atoms with Crippen molar-refractivity contribution in [2.75, 3.05) is 13.2 Å². The number of nitrogens with one attached hydrogen (secondary N) is 1. The molecular formula is C28H32NO6P. The van der Waals surface area contributed by atoms with E-state index >= 15 is 0 Å². The average molecular weight is 510 g/mol. The highest BCUT2D eigenvalue weighted by Crippen LogP contribution is 2.56. The normalized spacial score (nSPS) is 14.3. The van der Waals surface area contributed by atoms with Gasteiger partial charge in [0.1, 0.15) is 18.4 Å². The zero-order chi connectivity index (χ0) is 26.1. The van der Waals surface area contributed by atoms with Crippen molar-refractivity contribution in [1.29, 1.82) is 0 Å². The summed E-state index contributed by atoms with van der Waals surface area (Å²) in [6, 6.07) is 18.9. The van der Waals surface area contributed by atoms with Crippen LogP contribution in [0.1, 0.15) is 48.8 Å². The van der Waals surface area contributed by atoms with Gasteiger partial charge in [0, 0.05) is 0 Å². The molecule has 1 N–H and O–H groups in total. The minimum atomic E-state index is -3.67. The first kappa shape index (κ1) is 27.2. The number of para-hydroxylation sites is 1. The maximum absolute atomic E-state index is 14.3. The lowest BCUT2D eigenvalue weighted by molar-refractivity contribution is -0.145. The van der Waals surface area contributed by atoms with Crippen LogP contribution in [-0.2, 0) is 18.8 Å². The summed E-state index contributed by atoms with van der Waals surface area (Å²) in [5, 5.41) is 4.62. The predicted octanol–water partition coefficient (Wildman–Crippen LogP) is 6.45. The molecule has 0 fully saturated rings. The van der Waals surface area contributed by atoms with Crippen LogP contribution in [0, 0.1) is 0 Å². The molecule has 3 aromatic rings. The van der Waals surface area contributed by atoms with Gasteiger partial charge in [0.05, 0.1) is 17.8 Å². The highest BCUT2D eigenvalue weighted by molar-refractivity contribution is 7.57. The SMILES string of the molecule is C=CCOC(=O)c1ccc2ccc(C(C)P(=O)(N[C@@H](C)C(=O)OCCC)Oc3ccccc3)cc2c1. The fourth-order valence-corrected chi connectivity index (χ4v) is 5.64. The Bertz CT molecular complexity index is 1260. The molecule has 7 nitrogen and oxygen atoms in total. The number of hydrogen-bond acceptors (Lipinski definition) is 6. The van der Waals surface area contributed by atoms with Gasteiger partial charge in [-0.1, -0.05) is 62.0 Å². The third-order valence-corrected chi connectivity index (χ3v) is 8.13. The standard InChI is InChI=1S/C28H32NO6P/c1-5-16-33-27(30)20(3)29-36(32,35-26-10-8-7-9-11-26)21(4)23-14-12-22-13-15-24(19-25(22)18-23)28(31)34-17-6-2/h6-15,18-21H,2,5,16-17H2,1,3-4H3,(H,29,32)/t20-,21?,36?/m0/s1. The molecule has 0 aromatic heterocycles. The maximum Gasteiger partial charge on any atom is 0.338 e. The van der Waals surface area contributed by atoms with Gasteiger partial charge in [0.15, 0.2) is 0 Å². The fraction of sp³-hybridized carbons (Fsp3) is 0.286. The van der Waals surface area contributed by atoms with Gasteiger partial charge in [0.25, 0.3) is 0 Å². The first-order valence-electron chi connectivity index (χ1n) is 11.9. The quantitative estimate of drug-likeness (QED) is 0.170. The molecular weight excluding hydrogens is 477 g/mol. The van der Waals surface area contributed by atoms with E-state index in [0.717, 1.165) is 16.3 Å². The number of fused-ring (bicyclic) bond motifs is 1. The molecule has 0 bridgehead atoms. The van der Waals surface area contributed by atoms with Crippen LogP contribution < -0.4 is 9.61 Å². The lowest BCUT2D eigenvalue weighted by Crippen LogP contribution is -2.35. The second kappa shape index (κ2) is 12.5. The predicted molar refractivity (Wildman–Crippen MR) is 141 cm³/mol. The highest BCUT2D eigenvalue weighted by Gasteiger charge is 2.37. The third kappa shape index (κ3) is 6.84. The van der Waals surface area contributed by atoms with Gasteiger partial charge in [-0.15, -0.1) is 0 Å². The summed E-state index contributed by atoms with van der Waals surface area (Å²) in [4.78, 5) is 24.7. The summed E-state index contributed by atoms with van der Waals surface area (Å²) >= 11 is 0. The van der Waals surface area contributed by atoms with Crippen molar-refractivity contribution in [1.82, 2.24) is 5.09 Å². The zero-order valence-electron chi connectivity index (χ0n) is 20.8. The minimum Gasteiger partial charge on any atom is -0.465 e. The number of esters is 2. The Balaban J connectivity index is 1.95. The highest BCUT2D eigenvalue weighted by atomic mass is 31.2. The molecule has 0 saturated heterocycles. The molecule has 0 aliphatic heterocycles. The second-order valence-corrected chi connectivity index (χ2v) is 10.8. The number of hydrogen-bond donors (Lipinski definition) is 1. The molecule has 0 heterocycles. The average Bonchev–Trinajstić information content (AvgIpc) is 2.89. The number of ether oxygens (including phenoxy) is 2. The van der Waals surface area contributed by atoms with E-state index in [1.165, 1.54) is 6.08 Å². The van der Waals surface area contributed by atoms with E-state index in [1.807, 2.05) is 37.3 Å². The van der Waals surface area contributed by atoms with Gasteiger partial charge in [-0.2, -0.15) is 0 Å². The number of rotatable bonds is 12. The molecule has 2 unspecified atom stereocenters. The van der Waals surface area contributed by atoms with Crippen LogP contribution in [0.15, 0.2) is 79.4 Å². The van der Waals surface area contributed by atoms with E-state index in [9.17, 15) is 14.2 Å². The lowest BCUT2D eigenvalue weighted by atomic mass is 10.0. The molecule has 0 radical (unpaired) electrons. The van der Waals surface area contributed by atoms with Crippen LogP contribution in [0.4, 0.5) is 0 Å². The lowest BCUT2D eigenvalue weighted by Gasteiger charge is -2.28. The molecule has 0 amide bonds. The van der Waals surface area contributed by atoms with E-state index in [0.29, 0.717) is 17.7 Å². The first-order chi connectivity index (χ1) is 17.3. The summed E-state index contributed by atoms with van der Waals surface area (Å²) in [5.41, 5.74) is 0.503. The van der Waals surface area contributed by atoms with Gasteiger partial charge >= 0.3 is 19.5 Å². The zero-order valence-corrected chi connectivity index (χ0v) is 21.7. The monoisotopic (exact) mass is 509 g/mol. The Morgan fingerprint density at radius 1 is 1.00 bits per heavy atom. The molecule has 3 atom stereocenters. The van der Waals surface area contributed by atoms with Gasteiger partial charge in [-0.25, -0.2) is 9.88 Å². The Kier molecular flexibility index (Phi) is 9.45. The van der Waals surface area contributed by atoms with E-state index in [2.05, 4.69) is 11.7 Å². The van der Waals surface area contributed by atoms with Crippen molar-refractivity contribution < 1.29 is 28.2 Å². The first-order valence-corrected chi connectivity index (χ1v) is 13.6. The van der Waals surface area contributed by atoms with E-state index in [-0.39, 0.29) is 13.2 Å². The number of benzene rings is 3. The molecule has 190 valence electrons. The molecule has 0 aliphatic rings. The summed E-state index contributed by atoms with van der Waals surface area (Å²) < 4.78 is 30.7. The van der Waals surface area contributed by atoms with Crippen LogP contribution in [0.2, 0.25) is 0 Å². The van der Waals surface area contributed by atoms with Crippen molar-refractivity contribution in [3.05, 3.63) is 90.5 Å². The Hall–Kier alpha value is -3.41. The van der Waals surface area contributed by atoms with Crippen molar-refractivity contribution in [3.8, 4) is 5.75 Å². The number of carbonyl (C=O) groups excluding carboxylic acids is 2. The topological polar surface area (TPSA) is 90.9 Å². The largest absolute Gasteiger partial charge is 0.465 e. The summed E-state index contributed by atoms with van der Waals surface area (Å²) in [7, 11) is -3.67. The summed E-state index contributed by atoms with van der Waals surface area (Å²) in [5.74, 6) is -0.529. The fourth-order valence-electron chi connectivity index (χ4n) is 3.57. The third-order valence-electron chi connectivity index (χ3n) is 5.58. The van der Waals surface area contributed by atoms with Gasteiger partial charge in [-0.05, 0) is 60.9 Å². The Morgan fingerprint density at radius 2 is 1.72 bits per heavy atom. The summed E-state index contributed by atoms with van der Waals surface area (Å²) in [6.07, 6.45) is 2.20. The van der Waals surface area contributed by atoms with Crippen LogP contribution >= 0.6 is 7.52 Å². The smallest absolute Gasteiger partial charge is 0.338 e. The molecule has 0 spiro atoms. The minimum absolute atomic E-state index is 0.124. The molecule has 0 saturated carbocycles. The van der Waals surface area contributed by atoms with Crippen molar-refractivity contribution in [3.63, 3.8) is 0 Å². The van der Waals surface area contributed by atoms with Gasteiger partial charge in [0.2, 0.25) is 0 Å². The van der Waals surface area contributed by atoms with E-state index < -0.39 is 31.2 Å². The van der Waals surface area contributed by atoms with E-state index in [4.69, 9.17) is 14.0 Å². The maximum atomic E-state index is 14.3. The van der Waals surface area contributed by atoms with Crippen LogP contribution in [0.25, 0.3) is 10.8 Å². The van der Waals surface area contributed by atoms with Crippen molar-refractivity contribution in [2.45, 2.75) is 38.9 Å². The number of carbonyl (C=O) groups is 2. The van der Waals surface area contributed by atoms with Gasteiger partial charge < -0.3 is 14.0 Å². The molecule has 0 aliphatic carbocycles. The van der Waals surface area contributed by atoms with E-state index in [1.54, 1.807) is 50.2 Å². The summed E-state index contributed by atoms with van der Waals surface area (Å²) in [6.45, 7) is 9.25. The van der Waals surface area contributed by atoms with Crippen LogP contribution in [-0.4, -0.2) is 31.2 Å². The molecule has 36 heavy (non-hydrogen) atoms. The Morgan fingerprint density at radius 3 is 2.42 bits per heavy atom. The van der Waals surface area contributed by atoms with Crippen molar-refractivity contribution >= 4 is 30.2 Å². The van der Waals surface area contributed by atoms with Crippen LogP contribution in [0.3, 0.4) is 0 Å².